The number of ketones is 1. The maximum atomic E-state index is 12.4. The topological polar surface area (TPSA) is 55.8 Å². The van der Waals surface area contributed by atoms with Gasteiger partial charge in [-0.1, -0.05) is 41.7 Å². The van der Waals surface area contributed by atoms with Gasteiger partial charge in [0.1, 0.15) is 6.10 Å². The van der Waals surface area contributed by atoms with Gasteiger partial charge in [-0.3, -0.25) is 9.69 Å². The van der Waals surface area contributed by atoms with Gasteiger partial charge in [0.25, 0.3) is 0 Å². The molecule has 4 aliphatic heterocycles. The number of hydrogen-bond acceptors (Lipinski definition) is 4. The number of fused-ring (bicyclic) bond motifs is 1. The molecule has 0 unspecified atom stereocenters. The number of ether oxygens (including phenoxy) is 2. The van der Waals surface area contributed by atoms with Crippen LogP contribution in [0, 0.1) is 5.92 Å². The summed E-state index contributed by atoms with van der Waals surface area (Å²) in [5.74, 6) is -0.0853. The van der Waals surface area contributed by atoms with Gasteiger partial charge in [-0.2, -0.15) is 0 Å². The second-order valence-corrected chi connectivity index (χ2v) is 6.41. The second kappa shape index (κ2) is 4.91. The van der Waals surface area contributed by atoms with Crippen molar-refractivity contribution in [3.05, 3.63) is 35.8 Å². The van der Waals surface area contributed by atoms with Crippen LogP contribution in [0.15, 0.2) is 35.8 Å². The van der Waals surface area contributed by atoms with E-state index in [2.05, 4.69) is 22.6 Å². The SMILES string of the molecule is COC(=O)N1C2=C3O[C@@H](/C=C\C=C/2)[C@H](I)[C@@H]1[C@H](C)C3=O. The molecule has 0 aromatic rings. The lowest BCUT2D eigenvalue weighted by molar-refractivity contribution is -0.123. The zero-order chi connectivity index (χ0) is 14.4. The Labute approximate surface area is 130 Å². The van der Waals surface area contributed by atoms with Crippen molar-refractivity contribution in [2.75, 3.05) is 7.11 Å². The Balaban J connectivity index is 2.24. The molecular formula is C14H14INO4. The fraction of sp³-hybridized carbons (Fsp3) is 0.429. The molecule has 0 aromatic heterocycles. The number of nitrogens with zero attached hydrogens (tertiary/aromatic N) is 1. The monoisotopic (exact) mass is 387 g/mol. The van der Waals surface area contributed by atoms with E-state index in [0.29, 0.717) is 5.70 Å². The molecule has 1 fully saturated rings. The molecule has 1 amide bonds. The van der Waals surface area contributed by atoms with Gasteiger partial charge in [-0.25, -0.2) is 4.79 Å². The van der Waals surface area contributed by atoms with Crippen molar-refractivity contribution in [2.45, 2.75) is 23.0 Å². The average molecular weight is 387 g/mol. The van der Waals surface area contributed by atoms with E-state index in [4.69, 9.17) is 9.47 Å². The van der Waals surface area contributed by atoms with Gasteiger partial charge in [-0.15, -0.1) is 0 Å². The summed E-state index contributed by atoms with van der Waals surface area (Å²) < 4.78 is 10.7. The lowest BCUT2D eigenvalue weighted by atomic mass is 9.88. The van der Waals surface area contributed by atoms with Crippen LogP contribution in [-0.2, 0) is 14.3 Å². The highest BCUT2D eigenvalue weighted by Gasteiger charge is 2.52. The zero-order valence-electron chi connectivity index (χ0n) is 11.1. The van der Waals surface area contributed by atoms with E-state index in [1.807, 2.05) is 25.2 Å². The normalized spacial score (nSPS) is 38.0. The molecule has 0 spiro atoms. The van der Waals surface area contributed by atoms with Crippen molar-refractivity contribution in [1.29, 1.82) is 0 Å². The van der Waals surface area contributed by atoms with Gasteiger partial charge >= 0.3 is 6.09 Å². The van der Waals surface area contributed by atoms with Crippen molar-refractivity contribution in [3.63, 3.8) is 0 Å². The van der Waals surface area contributed by atoms with Gasteiger partial charge < -0.3 is 9.47 Å². The molecule has 1 saturated heterocycles. The van der Waals surface area contributed by atoms with E-state index in [0.717, 1.165) is 0 Å². The first-order valence-electron chi connectivity index (χ1n) is 6.37. The number of methoxy groups -OCH3 is 1. The van der Waals surface area contributed by atoms with Gasteiger partial charge in [0, 0.05) is 5.92 Å². The minimum Gasteiger partial charge on any atom is -0.479 e. The second-order valence-electron chi connectivity index (χ2n) is 4.97. The molecule has 6 heteroatoms. The predicted octanol–water partition coefficient (Wildman–Crippen LogP) is 2.18. The van der Waals surface area contributed by atoms with Crippen LogP contribution in [0.2, 0.25) is 0 Å². The molecule has 4 atom stereocenters. The lowest BCUT2D eigenvalue weighted by Crippen LogP contribution is -2.53. The average Bonchev–Trinajstić information content (AvgIpc) is 2.54. The smallest absolute Gasteiger partial charge is 0.414 e. The standard InChI is InChI=1S/C14H14INO4/c1-7-11-10(15)9-6-4-3-5-8(13(20-9)12(7)17)16(11)14(18)19-2/h3-7,9-11H,1-2H3/b5-3-,6-4-/t7-,9-,10-,11-/m0/s1. The fourth-order valence-electron chi connectivity index (χ4n) is 2.85. The molecule has 4 bridgehead atoms. The molecule has 106 valence electrons. The highest BCUT2D eigenvalue weighted by molar-refractivity contribution is 14.1. The number of rotatable bonds is 0. The summed E-state index contributed by atoms with van der Waals surface area (Å²) in [5.41, 5.74) is 0.499. The van der Waals surface area contributed by atoms with E-state index in [9.17, 15) is 9.59 Å². The van der Waals surface area contributed by atoms with Crippen LogP contribution in [-0.4, -0.2) is 40.0 Å². The molecule has 0 aromatic carbocycles. The fourth-order valence-corrected chi connectivity index (χ4v) is 4.18. The van der Waals surface area contributed by atoms with E-state index in [1.54, 1.807) is 11.0 Å². The summed E-state index contributed by atoms with van der Waals surface area (Å²) in [6, 6.07) is -0.269. The van der Waals surface area contributed by atoms with Crippen LogP contribution in [0.5, 0.6) is 0 Å². The van der Waals surface area contributed by atoms with Crippen LogP contribution in [0.4, 0.5) is 4.79 Å². The molecular weight excluding hydrogens is 373 g/mol. The van der Waals surface area contributed by atoms with Crippen LogP contribution >= 0.6 is 22.6 Å². The van der Waals surface area contributed by atoms with Crippen LogP contribution < -0.4 is 0 Å². The zero-order valence-corrected chi connectivity index (χ0v) is 13.2. The number of amides is 1. The summed E-state index contributed by atoms with van der Waals surface area (Å²) in [7, 11) is 1.35. The highest BCUT2D eigenvalue weighted by atomic mass is 127. The molecule has 4 rings (SSSR count). The first-order chi connectivity index (χ1) is 9.56. The molecule has 0 aliphatic carbocycles. The van der Waals surface area contributed by atoms with Crippen LogP contribution in [0.3, 0.4) is 0 Å². The maximum absolute atomic E-state index is 12.4. The Hall–Kier alpha value is -1.31. The molecule has 0 N–H and O–H groups in total. The minimum absolute atomic E-state index is 0.0307. The summed E-state index contributed by atoms with van der Waals surface area (Å²) in [4.78, 5) is 26.2. The largest absolute Gasteiger partial charge is 0.479 e. The van der Waals surface area contributed by atoms with Crippen molar-refractivity contribution in [3.8, 4) is 0 Å². The Bertz CT molecular complexity index is 566. The third kappa shape index (κ3) is 1.81. The van der Waals surface area contributed by atoms with E-state index < -0.39 is 6.09 Å². The molecule has 4 heterocycles. The highest BCUT2D eigenvalue weighted by Crippen LogP contribution is 2.41. The van der Waals surface area contributed by atoms with E-state index >= 15 is 0 Å². The number of Topliss-reactive ketones (excluding diaryl/α,β-unsaturated/α-hetero) is 1. The molecule has 0 radical (unpaired) electrons. The van der Waals surface area contributed by atoms with Gasteiger partial charge in [-0.05, 0) is 12.2 Å². The number of carbonyl (C=O) groups excluding carboxylic acids is 2. The number of halogens is 1. The van der Waals surface area contributed by atoms with Crippen molar-refractivity contribution in [1.82, 2.24) is 4.90 Å². The van der Waals surface area contributed by atoms with Crippen molar-refractivity contribution >= 4 is 34.5 Å². The van der Waals surface area contributed by atoms with Gasteiger partial charge in [0.2, 0.25) is 5.78 Å². The Morgan fingerprint density at radius 3 is 2.90 bits per heavy atom. The van der Waals surface area contributed by atoms with Crippen molar-refractivity contribution in [2.24, 2.45) is 5.92 Å². The van der Waals surface area contributed by atoms with Crippen LogP contribution in [0.25, 0.3) is 0 Å². The molecule has 5 nitrogen and oxygen atoms in total. The summed E-state index contributed by atoms with van der Waals surface area (Å²) >= 11 is 2.25. The first kappa shape index (κ1) is 13.7. The molecule has 20 heavy (non-hydrogen) atoms. The minimum atomic E-state index is -0.459. The third-order valence-corrected chi connectivity index (χ3v) is 5.32. The third-order valence-electron chi connectivity index (χ3n) is 3.87. The van der Waals surface area contributed by atoms with E-state index in [-0.39, 0.29) is 33.5 Å². The van der Waals surface area contributed by atoms with Gasteiger partial charge in [0.15, 0.2) is 5.76 Å². The number of alkyl halides is 1. The quantitative estimate of drug-likeness (QED) is 0.473. The maximum Gasteiger partial charge on any atom is 0.414 e. The molecule has 0 saturated carbocycles. The Morgan fingerprint density at radius 1 is 1.45 bits per heavy atom. The van der Waals surface area contributed by atoms with Crippen molar-refractivity contribution < 1.29 is 19.1 Å². The van der Waals surface area contributed by atoms with Gasteiger partial charge in [0.05, 0.1) is 22.8 Å². The lowest BCUT2D eigenvalue weighted by Gasteiger charge is -2.37. The molecule has 4 aliphatic rings. The van der Waals surface area contributed by atoms with E-state index in [1.165, 1.54) is 7.11 Å². The Kier molecular flexibility index (Phi) is 3.35. The first-order valence-corrected chi connectivity index (χ1v) is 7.62. The summed E-state index contributed by atoms with van der Waals surface area (Å²) in [6.07, 6.45) is 6.66. The predicted molar refractivity (Wildman–Crippen MR) is 80.2 cm³/mol. The number of carbonyl (C=O) groups is 2. The van der Waals surface area contributed by atoms with Crippen LogP contribution in [0.1, 0.15) is 6.92 Å². The Morgan fingerprint density at radius 2 is 2.20 bits per heavy atom. The summed E-state index contributed by atoms with van der Waals surface area (Å²) in [5, 5.41) is 0. The summed E-state index contributed by atoms with van der Waals surface area (Å²) in [6.45, 7) is 1.84. The number of allylic oxidation sites excluding steroid dienone is 4. The number of hydrogen-bond donors (Lipinski definition) is 0.